The Balaban J connectivity index is 1.35. The first kappa shape index (κ1) is 23.9. The van der Waals surface area contributed by atoms with Gasteiger partial charge in [0.15, 0.2) is 0 Å². The first-order valence-corrected chi connectivity index (χ1v) is 11.3. The Bertz CT molecular complexity index is 1210. The minimum Gasteiger partial charge on any atom is -0.495 e. The number of hydrogen-bond acceptors (Lipinski definition) is 4. The number of ether oxygens (including phenoxy) is 1. The SMILES string of the molecule is COc1ccccc1NC(=O)c1ccc(NC(=O)C2CCCN(C(=O)c3ccc(F)cc3)C2)cc1. The van der Waals surface area contributed by atoms with Gasteiger partial charge in [0.1, 0.15) is 11.6 Å². The number of benzene rings is 3. The maximum absolute atomic E-state index is 13.2. The van der Waals surface area contributed by atoms with E-state index in [0.717, 1.165) is 0 Å². The third-order valence-electron chi connectivity index (χ3n) is 5.94. The predicted octanol–water partition coefficient (Wildman–Crippen LogP) is 4.58. The van der Waals surface area contributed by atoms with Crippen molar-refractivity contribution >= 4 is 29.1 Å². The van der Waals surface area contributed by atoms with Crippen molar-refractivity contribution in [2.45, 2.75) is 12.8 Å². The summed E-state index contributed by atoms with van der Waals surface area (Å²) in [5.41, 5.74) is 1.96. The van der Waals surface area contributed by atoms with E-state index in [1.807, 2.05) is 6.07 Å². The zero-order valence-corrected chi connectivity index (χ0v) is 19.3. The van der Waals surface area contributed by atoms with E-state index in [1.54, 1.807) is 47.4 Å². The molecule has 0 bridgehead atoms. The third-order valence-corrected chi connectivity index (χ3v) is 5.94. The third kappa shape index (κ3) is 5.84. The second kappa shape index (κ2) is 10.8. The Labute approximate surface area is 202 Å². The van der Waals surface area contributed by atoms with Crippen molar-refractivity contribution in [2.24, 2.45) is 5.92 Å². The van der Waals surface area contributed by atoms with Crippen molar-refractivity contribution in [3.05, 3.63) is 89.7 Å². The average molecular weight is 476 g/mol. The quantitative estimate of drug-likeness (QED) is 0.547. The number of amides is 3. The summed E-state index contributed by atoms with van der Waals surface area (Å²) >= 11 is 0. The number of methoxy groups -OCH3 is 1. The summed E-state index contributed by atoms with van der Waals surface area (Å²) in [5.74, 6) is -0.901. The van der Waals surface area contributed by atoms with Crippen LogP contribution in [0.4, 0.5) is 15.8 Å². The molecule has 0 radical (unpaired) electrons. The number of nitrogens with zero attached hydrogens (tertiary/aromatic N) is 1. The first-order valence-electron chi connectivity index (χ1n) is 11.3. The molecular weight excluding hydrogens is 449 g/mol. The maximum Gasteiger partial charge on any atom is 0.255 e. The lowest BCUT2D eigenvalue weighted by molar-refractivity contribution is -0.121. The number of anilines is 2. The molecule has 1 aliphatic rings. The number of nitrogens with one attached hydrogen (secondary N) is 2. The lowest BCUT2D eigenvalue weighted by atomic mass is 9.96. The van der Waals surface area contributed by atoms with E-state index in [2.05, 4.69) is 10.6 Å². The van der Waals surface area contributed by atoms with Gasteiger partial charge in [0.25, 0.3) is 11.8 Å². The van der Waals surface area contributed by atoms with E-state index >= 15 is 0 Å². The van der Waals surface area contributed by atoms with Crippen LogP contribution in [0.3, 0.4) is 0 Å². The minimum absolute atomic E-state index is 0.187. The molecule has 3 amide bonds. The van der Waals surface area contributed by atoms with Crippen LogP contribution in [0.1, 0.15) is 33.6 Å². The lowest BCUT2D eigenvalue weighted by Crippen LogP contribution is -2.43. The van der Waals surface area contributed by atoms with Crippen molar-refractivity contribution in [2.75, 3.05) is 30.8 Å². The van der Waals surface area contributed by atoms with Crippen molar-refractivity contribution < 1.29 is 23.5 Å². The van der Waals surface area contributed by atoms with Gasteiger partial charge in [0, 0.05) is 29.9 Å². The molecule has 3 aromatic carbocycles. The lowest BCUT2D eigenvalue weighted by Gasteiger charge is -2.32. The van der Waals surface area contributed by atoms with Gasteiger partial charge in [-0.25, -0.2) is 4.39 Å². The number of para-hydroxylation sites is 2. The fourth-order valence-electron chi connectivity index (χ4n) is 4.04. The summed E-state index contributed by atoms with van der Waals surface area (Å²) < 4.78 is 18.4. The maximum atomic E-state index is 13.2. The van der Waals surface area contributed by atoms with Crippen LogP contribution in [-0.2, 0) is 4.79 Å². The highest BCUT2D eigenvalue weighted by atomic mass is 19.1. The number of hydrogen-bond donors (Lipinski definition) is 2. The molecule has 7 nitrogen and oxygen atoms in total. The van der Waals surface area contributed by atoms with Gasteiger partial charge in [-0.1, -0.05) is 12.1 Å². The molecule has 180 valence electrons. The van der Waals surface area contributed by atoms with E-state index < -0.39 is 5.82 Å². The van der Waals surface area contributed by atoms with Gasteiger partial charge in [-0.15, -0.1) is 0 Å². The summed E-state index contributed by atoms with van der Waals surface area (Å²) in [6.07, 6.45) is 1.37. The van der Waals surface area contributed by atoms with Crippen molar-refractivity contribution in [3.8, 4) is 5.75 Å². The van der Waals surface area contributed by atoms with Gasteiger partial charge in [0.05, 0.1) is 18.7 Å². The summed E-state index contributed by atoms with van der Waals surface area (Å²) in [6.45, 7) is 0.845. The highest BCUT2D eigenvalue weighted by molar-refractivity contribution is 6.05. The molecule has 0 spiro atoms. The molecule has 0 aromatic heterocycles. The molecule has 1 heterocycles. The van der Waals surface area contributed by atoms with Crippen molar-refractivity contribution in [1.29, 1.82) is 0 Å². The second-order valence-corrected chi connectivity index (χ2v) is 8.32. The van der Waals surface area contributed by atoms with Crippen LogP contribution in [0.2, 0.25) is 0 Å². The Morgan fingerprint density at radius 1 is 0.914 bits per heavy atom. The van der Waals surface area contributed by atoms with Gasteiger partial charge in [-0.3, -0.25) is 14.4 Å². The largest absolute Gasteiger partial charge is 0.495 e. The minimum atomic E-state index is -0.402. The Hall–Kier alpha value is -4.20. The average Bonchev–Trinajstić information content (AvgIpc) is 2.89. The molecule has 8 heteroatoms. The summed E-state index contributed by atoms with van der Waals surface area (Å²) in [4.78, 5) is 39.8. The molecule has 1 aliphatic heterocycles. The van der Waals surface area contributed by atoms with Crippen LogP contribution < -0.4 is 15.4 Å². The van der Waals surface area contributed by atoms with Crippen molar-refractivity contribution in [3.63, 3.8) is 0 Å². The van der Waals surface area contributed by atoms with E-state index in [0.29, 0.717) is 54.2 Å². The van der Waals surface area contributed by atoms with E-state index in [1.165, 1.54) is 31.4 Å². The number of carbonyl (C=O) groups is 3. The number of halogens is 1. The first-order chi connectivity index (χ1) is 16.9. The van der Waals surface area contributed by atoms with Crippen molar-refractivity contribution in [1.82, 2.24) is 4.90 Å². The van der Waals surface area contributed by atoms with Gasteiger partial charge in [-0.2, -0.15) is 0 Å². The monoisotopic (exact) mass is 475 g/mol. The molecule has 1 unspecified atom stereocenters. The fraction of sp³-hybridized carbons (Fsp3) is 0.222. The Kier molecular flexibility index (Phi) is 7.40. The number of piperidine rings is 1. The molecule has 35 heavy (non-hydrogen) atoms. The topological polar surface area (TPSA) is 87.7 Å². The second-order valence-electron chi connectivity index (χ2n) is 8.32. The zero-order valence-electron chi connectivity index (χ0n) is 19.3. The smallest absolute Gasteiger partial charge is 0.255 e. The van der Waals surface area contributed by atoms with Crippen LogP contribution in [0.15, 0.2) is 72.8 Å². The molecule has 1 atom stereocenters. The number of likely N-dealkylation sites (tertiary alicyclic amines) is 1. The highest BCUT2D eigenvalue weighted by Gasteiger charge is 2.29. The summed E-state index contributed by atoms with van der Waals surface area (Å²) in [6, 6.07) is 19.1. The fourth-order valence-corrected chi connectivity index (χ4v) is 4.04. The van der Waals surface area contributed by atoms with E-state index in [-0.39, 0.29) is 23.6 Å². The standard InChI is InChI=1S/C27H26FN3O4/c1-35-24-7-3-2-6-23(24)30-25(32)18-10-14-22(15-11-18)29-26(33)20-5-4-16-31(17-20)27(34)19-8-12-21(28)13-9-19/h2-3,6-15,20H,4-5,16-17H2,1H3,(H,29,33)(H,30,32). The van der Waals surface area contributed by atoms with Gasteiger partial charge >= 0.3 is 0 Å². The van der Waals surface area contributed by atoms with E-state index in [4.69, 9.17) is 4.74 Å². The zero-order chi connectivity index (χ0) is 24.8. The van der Waals surface area contributed by atoms with E-state index in [9.17, 15) is 18.8 Å². The predicted molar refractivity (Wildman–Crippen MR) is 131 cm³/mol. The van der Waals surface area contributed by atoms with Gasteiger partial charge < -0.3 is 20.3 Å². The Morgan fingerprint density at radius 2 is 1.60 bits per heavy atom. The normalized spacial score (nSPS) is 15.3. The molecule has 2 N–H and O–H groups in total. The number of rotatable bonds is 6. The van der Waals surface area contributed by atoms with Crippen LogP contribution in [0.25, 0.3) is 0 Å². The highest BCUT2D eigenvalue weighted by Crippen LogP contribution is 2.24. The molecule has 0 saturated carbocycles. The van der Waals surface area contributed by atoms with Crippen LogP contribution in [-0.4, -0.2) is 42.8 Å². The van der Waals surface area contributed by atoms with Crippen LogP contribution in [0.5, 0.6) is 5.75 Å². The molecule has 1 fully saturated rings. The van der Waals surface area contributed by atoms with Crippen LogP contribution in [0, 0.1) is 11.7 Å². The summed E-state index contributed by atoms with van der Waals surface area (Å²) in [7, 11) is 1.53. The molecule has 4 rings (SSSR count). The summed E-state index contributed by atoms with van der Waals surface area (Å²) in [5, 5.41) is 5.69. The molecule has 1 saturated heterocycles. The number of carbonyl (C=O) groups excluding carboxylic acids is 3. The molecule has 3 aromatic rings. The van der Waals surface area contributed by atoms with Gasteiger partial charge in [0.2, 0.25) is 5.91 Å². The van der Waals surface area contributed by atoms with Gasteiger partial charge in [-0.05, 0) is 73.5 Å². The molecule has 0 aliphatic carbocycles. The Morgan fingerprint density at radius 3 is 2.31 bits per heavy atom. The molecular formula is C27H26FN3O4. The van der Waals surface area contributed by atoms with Crippen LogP contribution >= 0.6 is 0 Å².